The van der Waals surface area contributed by atoms with E-state index in [1.807, 2.05) is 0 Å². The van der Waals surface area contributed by atoms with Crippen molar-refractivity contribution in [1.29, 1.82) is 0 Å². The first-order chi connectivity index (χ1) is 13.3. The van der Waals surface area contributed by atoms with Crippen LogP contribution in [0.5, 0.6) is 0 Å². The molecule has 128 valence electrons. The molecule has 0 bridgehead atoms. The van der Waals surface area contributed by atoms with E-state index >= 15 is 0 Å². The lowest BCUT2D eigenvalue weighted by atomic mass is 9.96. The number of hydrogen-bond donors (Lipinski definition) is 0. The normalized spacial score (nSPS) is 13.0. The molecule has 6 rings (SSSR count). The van der Waals surface area contributed by atoms with Gasteiger partial charge in [-0.2, -0.15) is 0 Å². The molecule has 27 heavy (non-hydrogen) atoms. The first-order valence-electron chi connectivity index (χ1n) is 9.75. The molecule has 0 fully saturated rings. The summed E-state index contributed by atoms with van der Waals surface area (Å²) in [5, 5.41) is 0. The summed E-state index contributed by atoms with van der Waals surface area (Å²) in [5.41, 5.74) is 14.3. The molecule has 0 heterocycles. The maximum atomic E-state index is 2.41. The lowest BCUT2D eigenvalue weighted by Gasteiger charge is -2.08. The van der Waals surface area contributed by atoms with Gasteiger partial charge in [-0.25, -0.2) is 0 Å². The number of rotatable bonds is 2. The van der Waals surface area contributed by atoms with Crippen LogP contribution < -0.4 is 0 Å². The van der Waals surface area contributed by atoms with Crippen LogP contribution in [-0.2, 0) is 19.3 Å². The van der Waals surface area contributed by atoms with Crippen molar-refractivity contribution in [3.63, 3.8) is 0 Å². The third kappa shape index (κ3) is 2.37. The highest BCUT2D eigenvalue weighted by atomic mass is 14.2. The summed E-state index contributed by atoms with van der Waals surface area (Å²) in [4.78, 5) is 0. The fourth-order valence-electron chi connectivity index (χ4n) is 4.80. The highest BCUT2D eigenvalue weighted by Gasteiger charge is 2.19. The molecule has 0 nitrogen and oxygen atoms in total. The van der Waals surface area contributed by atoms with Crippen molar-refractivity contribution in [3.8, 4) is 22.3 Å². The highest BCUT2D eigenvalue weighted by Crippen LogP contribution is 2.39. The first-order valence-corrected chi connectivity index (χ1v) is 9.75. The van der Waals surface area contributed by atoms with Gasteiger partial charge in [-0.1, -0.05) is 84.9 Å². The molecule has 2 aliphatic carbocycles. The zero-order valence-electron chi connectivity index (χ0n) is 15.2. The van der Waals surface area contributed by atoms with E-state index < -0.39 is 0 Å². The Kier molecular flexibility index (Phi) is 3.16. The van der Waals surface area contributed by atoms with Crippen molar-refractivity contribution >= 4 is 0 Å². The maximum Gasteiger partial charge on any atom is -0.00135 e. The van der Waals surface area contributed by atoms with E-state index in [0.29, 0.717) is 0 Å². The van der Waals surface area contributed by atoms with Gasteiger partial charge in [-0.3, -0.25) is 0 Å². The lowest BCUT2D eigenvalue weighted by Crippen LogP contribution is -1.91. The fourth-order valence-corrected chi connectivity index (χ4v) is 4.80. The molecule has 0 amide bonds. The lowest BCUT2D eigenvalue weighted by molar-refractivity contribution is 1.17. The molecule has 0 aliphatic heterocycles. The number of hydrogen-bond acceptors (Lipinski definition) is 0. The molecule has 2 aliphatic rings. The van der Waals surface area contributed by atoms with Crippen LogP contribution in [0.4, 0.5) is 0 Å². The molecule has 4 aromatic carbocycles. The summed E-state index contributed by atoms with van der Waals surface area (Å²) in [6.07, 6.45) is 3.13. The van der Waals surface area contributed by atoms with Crippen LogP contribution in [0.1, 0.15) is 33.4 Å². The first kappa shape index (κ1) is 15.0. The van der Waals surface area contributed by atoms with E-state index in [-0.39, 0.29) is 0 Å². The summed E-state index contributed by atoms with van der Waals surface area (Å²) in [5.74, 6) is 0. The highest BCUT2D eigenvalue weighted by molar-refractivity contribution is 5.78. The van der Waals surface area contributed by atoms with Gasteiger partial charge in [0.1, 0.15) is 0 Å². The predicted molar refractivity (Wildman–Crippen MR) is 112 cm³/mol. The van der Waals surface area contributed by atoms with Gasteiger partial charge in [0, 0.05) is 0 Å². The van der Waals surface area contributed by atoms with Crippen LogP contribution in [0.3, 0.4) is 0 Å². The van der Waals surface area contributed by atoms with E-state index in [1.165, 1.54) is 55.6 Å². The Morgan fingerprint density at radius 1 is 0.444 bits per heavy atom. The minimum absolute atomic E-state index is 0.991. The molecule has 0 saturated heterocycles. The van der Waals surface area contributed by atoms with Gasteiger partial charge in [-0.05, 0) is 74.9 Å². The standard InChI is InChI=1S/C27H20/c1-3-7-24-20(5-1)16-22-11-9-18(14-26(22)24)13-19-10-12-23-17-21-6-2-4-8-25(21)27(23)15-19/h1-12,14-15H,13,16-17H2. The molecule has 0 atom stereocenters. The van der Waals surface area contributed by atoms with Crippen LogP contribution in [0.25, 0.3) is 22.3 Å². The second-order valence-corrected chi connectivity index (χ2v) is 7.83. The SMILES string of the molecule is c1ccc2c(c1)Cc1ccc(Cc3ccc4c(c3)-c3ccccc3C4)cc1-2. The van der Waals surface area contributed by atoms with E-state index in [2.05, 4.69) is 84.9 Å². The Balaban J connectivity index is 1.36. The number of fused-ring (bicyclic) bond motifs is 6. The topological polar surface area (TPSA) is 0 Å². The minimum atomic E-state index is 0.991. The summed E-state index contributed by atoms with van der Waals surface area (Å²) in [6.45, 7) is 0. The predicted octanol–water partition coefficient (Wildman–Crippen LogP) is 6.42. The van der Waals surface area contributed by atoms with Crippen molar-refractivity contribution in [2.75, 3.05) is 0 Å². The fraction of sp³-hybridized carbons (Fsp3) is 0.111. The molecule has 0 N–H and O–H groups in total. The van der Waals surface area contributed by atoms with Gasteiger partial charge in [0.15, 0.2) is 0 Å². The third-order valence-corrected chi connectivity index (χ3v) is 6.13. The molecule has 0 aromatic heterocycles. The second kappa shape index (κ2) is 5.69. The maximum absolute atomic E-state index is 2.41. The molecule has 0 radical (unpaired) electrons. The van der Waals surface area contributed by atoms with E-state index in [1.54, 1.807) is 0 Å². The summed E-state index contributed by atoms with van der Waals surface area (Å²) in [6, 6.07) is 31.7. The molecule has 0 unspecified atom stereocenters. The van der Waals surface area contributed by atoms with Gasteiger partial charge in [0.2, 0.25) is 0 Å². The van der Waals surface area contributed by atoms with Crippen molar-refractivity contribution in [3.05, 3.63) is 118 Å². The monoisotopic (exact) mass is 344 g/mol. The van der Waals surface area contributed by atoms with Crippen LogP contribution >= 0.6 is 0 Å². The van der Waals surface area contributed by atoms with Crippen molar-refractivity contribution in [2.45, 2.75) is 19.3 Å². The summed E-state index contributed by atoms with van der Waals surface area (Å²) >= 11 is 0. The Morgan fingerprint density at radius 3 is 1.41 bits per heavy atom. The molecular formula is C27H20. The van der Waals surface area contributed by atoms with E-state index in [9.17, 15) is 0 Å². The van der Waals surface area contributed by atoms with Crippen LogP contribution in [-0.4, -0.2) is 0 Å². The molecular weight excluding hydrogens is 324 g/mol. The second-order valence-electron chi connectivity index (χ2n) is 7.83. The molecule has 0 spiro atoms. The third-order valence-electron chi connectivity index (χ3n) is 6.13. The summed E-state index contributed by atoms with van der Waals surface area (Å²) < 4.78 is 0. The van der Waals surface area contributed by atoms with Gasteiger partial charge in [-0.15, -0.1) is 0 Å². The zero-order valence-corrected chi connectivity index (χ0v) is 15.2. The van der Waals surface area contributed by atoms with E-state index in [4.69, 9.17) is 0 Å². The average molecular weight is 344 g/mol. The Labute approximate surface area is 160 Å². The van der Waals surface area contributed by atoms with Gasteiger partial charge in [0.05, 0.1) is 0 Å². The number of benzene rings is 4. The van der Waals surface area contributed by atoms with Crippen LogP contribution in [0.2, 0.25) is 0 Å². The van der Waals surface area contributed by atoms with E-state index in [0.717, 1.165) is 19.3 Å². The van der Waals surface area contributed by atoms with Crippen molar-refractivity contribution in [1.82, 2.24) is 0 Å². The van der Waals surface area contributed by atoms with Gasteiger partial charge in [0.25, 0.3) is 0 Å². The molecule has 0 heteroatoms. The molecule has 4 aromatic rings. The Bertz CT molecular complexity index is 1100. The minimum Gasteiger partial charge on any atom is -0.0619 e. The smallest absolute Gasteiger partial charge is 0.00135 e. The summed E-state index contributed by atoms with van der Waals surface area (Å²) in [7, 11) is 0. The average Bonchev–Trinajstić information content (AvgIpc) is 3.26. The van der Waals surface area contributed by atoms with Crippen molar-refractivity contribution in [2.24, 2.45) is 0 Å². The van der Waals surface area contributed by atoms with Crippen LogP contribution in [0, 0.1) is 0 Å². The zero-order chi connectivity index (χ0) is 17.8. The quantitative estimate of drug-likeness (QED) is 0.340. The van der Waals surface area contributed by atoms with Gasteiger partial charge < -0.3 is 0 Å². The van der Waals surface area contributed by atoms with Gasteiger partial charge >= 0.3 is 0 Å². The Hall–Kier alpha value is -3.12. The largest absolute Gasteiger partial charge is 0.0619 e. The molecule has 0 saturated carbocycles. The Morgan fingerprint density at radius 2 is 0.889 bits per heavy atom. The van der Waals surface area contributed by atoms with Crippen LogP contribution in [0.15, 0.2) is 84.9 Å². The van der Waals surface area contributed by atoms with Crippen molar-refractivity contribution < 1.29 is 0 Å².